The second-order valence-electron chi connectivity index (χ2n) is 3.29. The first kappa shape index (κ1) is 9.77. The fraction of sp³-hybridized carbons (Fsp3) is 0.0833. The molecule has 2 rings (SSSR count). The van der Waals surface area contributed by atoms with E-state index in [4.69, 9.17) is 0 Å². The first-order chi connectivity index (χ1) is 7.18. The van der Waals surface area contributed by atoms with Crippen LogP contribution < -0.4 is 0 Å². The Morgan fingerprint density at radius 2 is 1.67 bits per heavy atom. The van der Waals surface area contributed by atoms with Crippen LogP contribution in [-0.4, -0.2) is 4.98 Å². The topological polar surface area (TPSA) is 12.9 Å². The van der Waals surface area contributed by atoms with E-state index in [1.807, 2.05) is 25.1 Å². The Labute approximate surface area is 86.4 Å². The van der Waals surface area contributed by atoms with Crippen LogP contribution in [0.4, 0.5) is 8.78 Å². The van der Waals surface area contributed by atoms with Gasteiger partial charge in [-0.3, -0.25) is 0 Å². The zero-order valence-corrected chi connectivity index (χ0v) is 8.17. The van der Waals surface area contributed by atoms with Crippen molar-refractivity contribution in [2.45, 2.75) is 6.92 Å². The molecule has 1 nitrogen and oxygen atoms in total. The van der Waals surface area contributed by atoms with Crippen LogP contribution in [0.15, 0.2) is 36.4 Å². The molecular formula is C12H9F2N. The largest absolute Gasteiger partial charge is 0.223 e. The van der Waals surface area contributed by atoms with E-state index in [1.165, 1.54) is 6.07 Å². The predicted molar refractivity (Wildman–Crippen MR) is 54.3 cm³/mol. The smallest absolute Gasteiger partial charge is 0.190 e. The molecule has 1 aromatic carbocycles. The number of nitrogens with zero attached hydrogens (tertiary/aromatic N) is 1. The van der Waals surface area contributed by atoms with E-state index in [-0.39, 0.29) is 0 Å². The Hall–Kier alpha value is -1.77. The van der Waals surface area contributed by atoms with Gasteiger partial charge in [0, 0.05) is 5.56 Å². The summed E-state index contributed by atoms with van der Waals surface area (Å²) in [5.41, 5.74) is 2.00. The number of pyridine rings is 1. The number of aromatic nitrogens is 1. The lowest BCUT2D eigenvalue weighted by Crippen LogP contribution is -1.93. The highest BCUT2D eigenvalue weighted by molar-refractivity contribution is 5.66. The van der Waals surface area contributed by atoms with Crippen molar-refractivity contribution in [1.29, 1.82) is 0 Å². The van der Waals surface area contributed by atoms with Gasteiger partial charge in [-0.15, -0.1) is 0 Å². The molecule has 15 heavy (non-hydrogen) atoms. The number of aryl methyl sites for hydroxylation is 1. The maximum atomic E-state index is 13.4. The lowest BCUT2D eigenvalue weighted by atomic mass is 10.0. The number of hydrogen-bond acceptors (Lipinski definition) is 1. The second kappa shape index (κ2) is 3.77. The summed E-state index contributed by atoms with van der Waals surface area (Å²) in [5, 5.41) is 0. The van der Waals surface area contributed by atoms with Gasteiger partial charge in [-0.2, -0.15) is 13.8 Å². The highest BCUT2D eigenvalue weighted by Gasteiger charge is 2.08. The molecule has 0 saturated heterocycles. The van der Waals surface area contributed by atoms with Crippen molar-refractivity contribution in [3.63, 3.8) is 0 Å². The molecule has 76 valence electrons. The summed E-state index contributed by atoms with van der Waals surface area (Å²) in [5.74, 6) is -1.57. The molecule has 0 bridgehead atoms. The molecule has 0 unspecified atom stereocenters. The van der Waals surface area contributed by atoms with Gasteiger partial charge < -0.3 is 0 Å². The third-order valence-electron chi connectivity index (χ3n) is 2.25. The fourth-order valence-corrected chi connectivity index (χ4v) is 1.49. The average Bonchev–Trinajstić information content (AvgIpc) is 2.20. The van der Waals surface area contributed by atoms with Crippen molar-refractivity contribution in [1.82, 2.24) is 4.98 Å². The van der Waals surface area contributed by atoms with E-state index in [2.05, 4.69) is 4.98 Å². The van der Waals surface area contributed by atoms with Gasteiger partial charge in [-0.1, -0.05) is 24.3 Å². The Kier molecular flexibility index (Phi) is 2.46. The van der Waals surface area contributed by atoms with E-state index >= 15 is 0 Å². The molecule has 1 heterocycles. The highest BCUT2D eigenvalue weighted by Crippen LogP contribution is 2.24. The van der Waals surface area contributed by atoms with Crippen molar-refractivity contribution in [2.75, 3.05) is 0 Å². The number of rotatable bonds is 1. The van der Waals surface area contributed by atoms with Gasteiger partial charge in [-0.05, 0) is 30.2 Å². The van der Waals surface area contributed by atoms with Crippen LogP contribution in [0.3, 0.4) is 0 Å². The van der Waals surface area contributed by atoms with Gasteiger partial charge in [-0.25, -0.2) is 0 Å². The number of benzene rings is 1. The van der Waals surface area contributed by atoms with Crippen LogP contribution in [0, 0.1) is 18.8 Å². The SMILES string of the molecule is Cc1ccccc1-c1ccc(F)nc1F. The Bertz CT molecular complexity index is 495. The maximum Gasteiger partial charge on any atom is 0.223 e. The molecule has 0 amide bonds. The second-order valence-corrected chi connectivity index (χ2v) is 3.29. The average molecular weight is 205 g/mol. The highest BCUT2D eigenvalue weighted by atomic mass is 19.1. The van der Waals surface area contributed by atoms with Crippen LogP contribution in [0.2, 0.25) is 0 Å². The Morgan fingerprint density at radius 1 is 0.933 bits per heavy atom. The normalized spacial score (nSPS) is 10.3. The van der Waals surface area contributed by atoms with Crippen molar-refractivity contribution in [3.8, 4) is 11.1 Å². The predicted octanol–water partition coefficient (Wildman–Crippen LogP) is 3.34. The van der Waals surface area contributed by atoms with Gasteiger partial charge in [0.25, 0.3) is 0 Å². The number of hydrogen-bond donors (Lipinski definition) is 0. The van der Waals surface area contributed by atoms with Crippen molar-refractivity contribution in [3.05, 3.63) is 53.9 Å². The standard InChI is InChI=1S/C12H9F2N/c1-8-4-2-3-5-9(8)10-6-7-11(13)15-12(10)14/h2-7H,1H3. The summed E-state index contributed by atoms with van der Waals surface area (Å²) in [7, 11) is 0. The van der Waals surface area contributed by atoms with E-state index in [1.54, 1.807) is 6.07 Å². The van der Waals surface area contributed by atoms with Gasteiger partial charge >= 0.3 is 0 Å². The van der Waals surface area contributed by atoms with Crippen LogP contribution in [0.5, 0.6) is 0 Å². The van der Waals surface area contributed by atoms with Crippen LogP contribution >= 0.6 is 0 Å². The van der Waals surface area contributed by atoms with Crippen LogP contribution in [-0.2, 0) is 0 Å². The Morgan fingerprint density at radius 3 is 2.33 bits per heavy atom. The zero-order valence-electron chi connectivity index (χ0n) is 8.17. The lowest BCUT2D eigenvalue weighted by molar-refractivity contribution is 0.515. The summed E-state index contributed by atoms with van der Waals surface area (Å²) in [6.45, 7) is 1.87. The lowest BCUT2D eigenvalue weighted by Gasteiger charge is -2.05. The van der Waals surface area contributed by atoms with Crippen LogP contribution in [0.25, 0.3) is 11.1 Å². The zero-order chi connectivity index (χ0) is 10.8. The molecule has 0 radical (unpaired) electrons. The molecule has 0 spiro atoms. The summed E-state index contributed by atoms with van der Waals surface area (Å²) < 4.78 is 26.0. The minimum atomic E-state index is -0.801. The molecular weight excluding hydrogens is 196 g/mol. The molecule has 0 aliphatic rings. The third kappa shape index (κ3) is 1.86. The molecule has 3 heteroatoms. The summed E-state index contributed by atoms with van der Waals surface area (Å²) in [4.78, 5) is 3.16. The van der Waals surface area contributed by atoms with Gasteiger partial charge in [0.15, 0.2) is 0 Å². The Balaban J connectivity index is 2.60. The molecule has 0 fully saturated rings. The van der Waals surface area contributed by atoms with E-state index in [9.17, 15) is 8.78 Å². The monoisotopic (exact) mass is 205 g/mol. The molecule has 1 aromatic heterocycles. The summed E-state index contributed by atoms with van der Waals surface area (Å²) in [6, 6.07) is 9.90. The van der Waals surface area contributed by atoms with E-state index in [0.29, 0.717) is 5.56 Å². The first-order valence-electron chi connectivity index (χ1n) is 4.56. The minimum Gasteiger partial charge on any atom is -0.190 e. The van der Waals surface area contributed by atoms with Crippen LogP contribution in [0.1, 0.15) is 5.56 Å². The molecule has 0 N–H and O–H groups in total. The molecule has 0 atom stereocenters. The summed E-state index contributed by atoms with van der Waals surface area (Å²) >= 11 is 0. The molecule has 0 saturated carbocycles. The minimum absolute atomic E-state index is 0.328. The molecule has 0 aliphatic carbocycles. The van der Waals surface area contributed by atoms with Crippen molar-refractivity contribution >= 4 is 0 Å². The van der Waals surface area contributed by atoms with Gasteiger partial charge in [0.2, 0.25) is 11.9 Å². The van der Waals surface area contributed by atoms with Gasteiger partial charge in [0.05, 0.1) is 0 Å². The molecule has 0 aliphatic heterocycles. The van der Waals surface area contributed by atoms with E-state index < -0.39 is 11.9 Å². The van der Waals surface area contributed by atoms with E-state index in [0.717, 1.165) is 17.2 Å². The maximum absolute atomic E-state index is 13.4. The first-order valence-corrected chi connectivity index (χ1v) is 4.56. The number of halogens is 2. The third-order valence-corrected chi connectivity index (χ3v) is 2.25. The van der Waals surface area contributed by atoms with Crippen molar-refractivity contribution in [2.24, 2.45) is 0 Å². The summed E-state index contributed by atoms with van der Waals surface area (Å²) in [6.07, 6.45) is 0. The van der Waals surface area contributed by atoms with Gasteiger partial charge in [0.1, 0.15) is 0 Å². The quantitative estimate of drug-likeness (QED) is 0.650. The van der Waals surface area contributed by atoms with Crippen molar-refractivity contribution < 1.29 is 8.78 Å². The molecule has 2 aromatic rings. The fourth-order valence-electron chi connectivity index (χ4n) is 1.49.